The van der Waals surface area contributed by atoms with Crippen LogP contribution in [0.4, 0.5) is 5.69 Å². The van der Waals surface area contributed by atoms with Crippen molar-refractivity contribution in [1.82, 2.24) is 5.32 Å². The molecule has 1 N–H and O–H groups in total. The topological polar surface area (TPSA) is 84.9 Å². The normalized spacial score (nSPS) is 30.1. The zero-order valence-electron chi connectivity index (χ0n) is 17.3. The van der Waals surface area contributed by atoms with E-state index in [4.69, 9.17) is 9.47 Å². The third kappa shape index (κ3) is 4.04. The summed E-state index contributed by atoms with van der Waals surface area (Å²) in [6.07, 6.45) is 8.06. The van der Waals surface area contributed by atoms with Crippen LogP contribution in [0, 0.1) is 17.8 Å². The van der Waals surface area contributed by atoms with E-state index in [0.717, 1.165) is 29.8 Å². The van der Waals surface area contributed by atoms with E-state index in [9.17, 15) is 13.2 Å². The van der Waals surface area contributed by atoms with Crippen LogP contribution < -0.4 is 19.1 Å². The lowest BCUT2D eigenvalue weighted by molar-refractivity contribution is -0.125. The number of hydrogen-bond acceptors (Lipinski definition) is 5. The van der Waals surface area contributed by atoms with Gasteiger partial charge in [-0.05, 0) is 68.4 Å². The first kappa shape index (κ1) is 20.3. The molecule has 0 aliphatic heterocycles. The molecule has 1 amide bonds. The number of nitrogens with zero attached hydrogens (tertiary/aromatic N) is 1. The van der Waals surface area contributed by atoms with Gasteiger partial charge in [0.05, 0.1) is 26.2 Å². The number of nitrogens with one attached hydrogen (secondary N) is 1. The van der Waals surface area contributed by atoms with Gasteiger partial charge in [0, 0.05) is 11.6 Å². The number of carbonyl (C=O) groups is 1. The first-order chi connectivity index (χ1) is 13.7. The van der Waals surface area contributed by atoms with Crippen molar-refractivity contribution < 1.29 is 22.7 Å². The molecule has 5 rings (SSSR count). The Bertz CT molecular complexity index is 863. The average Bonchev–Trinajstić information content (AvgIpc) is 2.63. The first-order valence-electron chi connectivity index (χ1n) is 10.2. The van der Waals surface area contributed by atoms with Crippen LogP contribution in [0.1, 0.15) is 38.5 Å². The Balaban J connectivity index is 1.53. The van der Waals surface area contributed by atoms with Gasteiger partial charge in [-0.15, -0.1) is 0 Å². The maximum absolute atomic E-state index is 13.0. The number of sulfonamides is 1. The molecule has 4 aliphatic carbocycles. The molecule has 0 atom stereocenters. The molecule has 0 aromatic heterocycles. The van der Waals surface area contributed by atoms with Crippen LogP contribution in [0.25, 0.3) is 0 Å². The summed E-state index contributed by atoms with van der Waals surface area (Å²) in [4.78, 5) is 13.0. The number of anilines is 1. The highest BCUT2D eigenvalue weighted by Crippen LogP contribution is 2.55. The molecule has 0 saturated heterocycles. The Morgan fingerprint density at radius 3 is 2.10 bits per heavy atom. The number of ether oxygens (including phenoxy) is 2. The molecular weight excluding hydrogens is 392 g/mol. The highest BCUT2D eigenvalue weighted by Gasteiger charge is 2.51. The number of hydrogen-bond donors (Lipinski definition) is 1. The average molecular weight is 423 g/mol. The van der Waals surface area contributed by atoms with Crippen molar-refractivity contribution in [3.8, 4) is 11.5 Å². The van der Waals surface area contributed by atoms with Gasteiger partial charge in [-0.25, -0.2) is 8.42 Å². The van der Waals surface area contributed by atoms with Crippen LogP contribution in [-0.4, -0.2) is 46.9 Å². The summed E-state index contributed by atoms with van der Waals surface area (Å²) < 4.78 is 36.6. The van der Waals surface area contributed by atoms with Gasteiger partial charge in [-0.1, -0.05) is 0 Å². The molecule has 8 heteroatoms. The van der Waals surface area contributed by atoms with Crippen LogP contribution in [0.3, 0.4) is 0 Å². The van der Waals surface area contributed by atoms with E-state index in [0.29, 0.717) is 34.9 Å². The van der Waals surface area contributed by atoms with Crippen molar-refractivity contribution in [2.24, 2.45) is 17.8 Å². The second-order valence-electron chi connectivity index (χ2n) is 9.05. The Kier molecular flexibility index (Phi) is 5.17. The van der Waals surface area contributed by atoms with E-state index in [2.05, 4.69) is 5.32 Å². The monoisotopic (exact) mass is 422 g/mol. The highest BCUT2D eigenvalue weighted by molar-refractivity contribution is 7.92. The highest BCUT2D eigenvalue weighted by atomic mass is 32.2. The van der Waals surface area contributed by atoms with Crippen molar-refractivity contribution in [2.45, 2.75) is 44.1 Å². The van der Waals surface area contributed by atoms with E-state index in [1.165, 1.54) is 33.5 Å². The largest absolute Gasteiger partial charge is 0.493 e. The van der Waals surface area contributed by atoms with E-state index < -0.39 is 10.0 Å². The van der Waals surface area contributed by atoms with Gasteiger partial charge in [0.25, 0.3) is 0 Å². The lowest BCUT2D eigenvalue weighted by Crippen LogP contribution is -2.61. The summed E-state index contributed by atoms with van der Waals surface area (Å²) >= 11 is 0. The summed E-state index contributed by atoms with van der Waals surface area (Å²) in [5.41, 5.74) is 0.234. The van der Waals surface area contributed by atoms with Crippen LogP contribution in [0.2, 0.25) is 0 Å². The molecule has 4 aliphatic rings. The van der Waals surface area contributed by atoms with Crippen molar-refractivity contribution in [3.05, 3.63) is 18.2 Å². The second kappa shape index (κ2) is 7.38. The number of amides is 1. The first-order valence-corrected chi connectivity index (χ1v) is 12.1. The third-order valence-electron chi connectivity index (χ3n) is 6.79. The van der Waals surface area contributed by atoms with E-state index >= 15 is 0 Å². The van der Waals surface area contributed by atoms with E-state index in [1.54, 1.807) is 18.2 Å². The number of carbonyl (C=O) groups excluding carboxylic acids is 1. The third-order valence-corrected chi connectivity index (χ3v) is 7.93. The Hall–Kier alpha value is -1.96. The second-order valence-corrected chi connectivity index (χ2v) is 11.0. The summed E-state index contributed by atoms with van der Waals surface area (Å²) in [5.74, 6) is 2.80. The Morgan fingerprint density at radius 1 is 1.07 bits per heavy atom. The standard InChI is InChI=1S/C21H30N2O5S/c1-27-18-5-4-17(9-19(18)28-2)23(29(3,25)26)13-20(24)22-21-10-14-6-15(11-21)8-16(7-14)12-21/h4-5,9,14-16H,6-8,10-13H2,1-3H3,(H,22,24). The van der Waals surface area contributed by atoms with Crippen LogP contribution in [0.15, 0.2) is 18.2 Å². The van der Waals surface area contributed by atoms with Crippen LogP contribution in [0.5, 0.6) is 11.5 Å². The van der Waals surface area contributed by atoms with Gasteiger partial charge in [-0.3, -0.25) is 9.10 Å². The van der Waals surface area contributed by atoms with Crippen molar-refractivity contribution >= 4 is 21.6 Å². The fourth-order valence-electron chi connectivity index (χ4n) is 6.11. The Labute approximate surface area is 172 Å². The fourth-order valence-corrected chi connectivity index (χ4v) is 6.96. The predicted molar refractivity (Wildman–Crippen MR) is 111 cm³/mol. The van der Waals surface area contributed by atoms with E-state index in [-0.39, 0.29) is 18.0 Å². The van der Waals surface area contributed by atoms with Crippen molar-refractivity contribution in [3.63, 3.8) is 0 Å². The van der Waals surface area contributed by atoms with Gasteiger partial charge in [0.1, 0.15) is 6.54 Å². The van der Waals surface area contributed by atoms with Gasteiger partial charge in [0.2, 0.25) is 15.9 Å². The number of methoxy groups -OCH3 is 2. The molecule has 160 valence electrons. The molecule has 0 unspecified atom stereocenters. The van der Waals surface area contributed by atoms with Crippen molar-refractivity contribution in [2.75, 3.05) is 31.3 Å². The number of benzene rings is 1. The smallest absolute Gasteiger partial charge is 0.241 e. The molecule has 4 saturated carbocycles. The van der Waals surface area contributed by atoms with Crippen LogP contribution in [-0.2, 0) is 14.8 Å². The quantitative estimate of drug-likeness (QED) is 0.730. The van der Waals surface area contributed by atoms with Gasteiger partial charge in [0.15, 0.2) is 11.5 Å². The molecule has 0 spiro atoms. The van der Waals surface area contributed by atoms with Gasteiger partial charge >= 0.3 is 0 Å². The Morgan fingerprint density at radius 2 is 1.62 bits per heavy atom. The summed E-state index contributed by atoms with van der Waals surface area (Å²) in [5, 5.41) is 3.25. The minimum atomic E-state index is -3.65. The molecule has 4 fully saturated rings. The molecule has 29 heavy (non-hydrogen) atoms. The minimum absolute atomic E-state index is 0.146. The zero-order valence-corrected chi connectivity index (χ0v) is 18.1. The summed E-state index contributed by atoms with van der Waals surface area (Å²) in [6, 6.07) is 4.85. The maximum atomic E-state index is 13.0. The summed E-state index contributed by atoms with van der Waals surface area (Å²) in [6.45, 7) is -0.240. The molecule has 0 heterocycles. The number of rotatable bonds is 7. The molecule has 7 nitrogen and oxygen atoms in total. The van der Waals surface area contributed by atoms with Gasteiger partial charge in [-0.2, -0.15) is 0 Å². The molecule has 1 aromatic rings. The summed E-state index contributed by atoms with van der Waals surface area (Å²) in [7, 11) is -0.637. The zero-order chi connectivity index (χ0) is 20.8. The maximum Gasteiger partial charge on any atom is 0.241 e. The molecule has 4 bridgehead atoms. The molecule has 0 radical (unpaired) electrons. The lowest BCUT2D eigenvalue weighted by atomic mass is 9.53. The van der Waals surface area contributed by atoms with E-state index in [1.807, 2.05) is 0 Å². The lowest BCUT2D eigenvalue weighted by Gasteiger charge is -2.57. The van der Waals surface area contributed by atoms with Crippen LogP contribution >= 0.6 is 0 Å². The fraction of sp³-hybridized carbons (Fsp3) is 0.667. The molecular formula is C21H30N2O5S. The van der Waals surface area contributed by atoms with Gasteiger partial charge < -0.3 is 14.8 Å². The predicted octanol–water partition coefficient (Wildman–Crippen LogP) is 2.55. The van der Waals surface area contributed by atoms with Crippen molar-refractivity contribution in [1.29, 1.82) is 0 Å². The minimum Gasteiger partial charge on any atom is -0.493 e. The molecule has 1 aromatic carbocycles. The SMILES string of the molecule is COc1ccc(N(CC(=O)NC23CC4CC(CC(C4)C2)C3)S(C)(=O)=O)cc1OC.